The van der Waals surface area contributed by atoms with E-state index in [1.54, 1.807) is 0 Å². The largest absolute Gasteiger partial charge is 0.272 e. The summed E-state index contributed by atoms with van der Waals surface area (Å²) in [5.74, 6) is 0. The Morgan fingerprint density at radius 2 is 1.52 bits per heavy atom. The van der Waals surface area contributed by atoms with Gasteiger partial charge in [0.25, 0.3) is 0 Å². The molecule has 6 nitrogen and oxygen atoms in total. The number of hydrogen-bond donors (Lipinski definition) is 0. The van der Waals surface area contributed by atoms with Gasteiger partial charge in [-0.1, -0.05) is 17.7 Å². The van der Waals surface area contributed by atoms with Crippen molar-refractivity contribution in [3.8, 4) is 28.2 Å². The van der Waals surface area contributed by atoms with Gasteiger partial charge in [-0.15, -0.1) is 0 Å². The Kier molecular flexibility index (Phi) is 4.15. The zero-order valence-electron chi connectivity index (χ0n) is 16.0. The standard InChI is InChI=1S/C20H21ClN6/c1-12-19(17-10-22-25(4)13(17)2)24-27(16-8-6-7-15(21)9-16)20(12)18-11-23-26(5)14(18)3/h6-11H,1-5H3. The molecule has 0 spiro atoms. The van der Waals surface area contributed by atoms with Gasteiger partial charge in [0.1, 0.15) is 0 Å². The predicted molar refractivity (Wildman–Crippen MR) is 107 cm³/mol. The first-order valence-electron chi connectivity index (χ1n) is 8.72. The fraction of sp³-hybridized carbons (Fsp3) is 0.250. The molecule has 3 aromatic heterocycles. The van der Waals surface area contributed by atoms with E-state index < -0.39 is 0 Å². The van der Waals surface area contributed by atoms with Crippen molar-refractivity contribution in [2.75, 3.05) is 0 Å². The van der Waals surface area contributed by atoms with E-state index in [9.17, 15) is 0 Å². The van der Waals surface area contributed by atoms with Crippen LogP contribution < -0.4 is 0 Å². The van der Waals surface area contributed by atoms with Crippen molar-refractivity contribution in [3.05, 3.63) is 58.6 Å². The van der Waals surface area contributed by atoms with Crippen LogP contribution in [0.4, 0.5) is 0 Å². The summed E-state index contributed by atoms with van der Waals surface area (Å²) in [6.45, 7) is 6.21. The lowest BCUT2D eigenvalue weighted by Crippen LogP contribution is -2.01. The smallest absolute Gasteiger partial charge is 0.0997 e. The normalized spacial score (nSPS) is 11.3. The first-order valence-corrected chi connectivity index (χ1v) is 9.09. The van der Waals surface area contributed by atoms with Crippen molar-refractivity contribution in [2.45, 2.75) is 20.8 Å². The molecule has 0 aliphatic carbocycles. The Balaban J connectivity index is 2.04. The Hall–Kier alpha value is -2.86. The van der Waals surface area contributed by atoms with Crippen molar-refractivity contribution in [2.24, 2.45) is 14.1 Å². The van der Waals surface area contributed by atoms with E-state index >= 15 is 0 Å². The van der Waals surface area contributed by atoms with E-state index in [-0.39, 0.29) is 0 Å². The van der Waals surface area contributed by atoms with Crippen molar-refractivity contribution in [1.29, 1.82) is 0 Å². The van der Waals surface area contributed by atoms with Gasteiger partial charge in [-0.2, -0.15) is 15.3 Å². The van der Waals surface area contributed by atoms with Crippen LogP contribution in [0.3, 0.4) is 0 Å². The number of nitrogens with zero attached hydrogens (tertiary/aromatic N) is 6. The predicted octanol–water partition coefficient (Wildman–Crippen LogP) is 4.25. The highest BCUT2D eigenvalue weighted by Crippen LogP contribution is 2.36. The highest BCUT2D eigenvalue weighted by Gasteiger charge is 2.23. The molecule has 0 fully saturated rings. The second kappa shape index (κ2) is 6.39. The molecule has 0 aliphatic heterocycles. The summed E-state index contributed by atoms with van der Waals surface area (Å²) in [6.07, 6.45) is 3.76. The van der Waals surface area contributed by atoms with E-state index in [1.165, 1.54) is 0 Å². The molecule has 4 aromatic rings. The van der Waals surface area contributed by atoms with Gasteiger partial charge in [-0.25, -0.2) is 4.68 Å². The van der Waals surface area contributed by atoms with Gasteiger partial charge in [0.15, 0.2) is 0 Å². The second-order valence-corrected chi connectivity index (χ2v) is 7.18. The Bertz CT molecular complexity index is 1150. The van der Waals surface area contributed by atoms with Crippen LogP contribution in [-0.2, 0) is 14.1 Å². The highest BCUT2D eigenvalue weighted by molar-refractivity contribution is 6.30. The molecule has 0 atom stereocenters. The zero-order valence-corrected chi connectivity index (χ0v) is 16.8. The molecule has 7 heteroatoms. The number of aryl methyl sites for hydroxylation is 2. The summed E-state index contributed by atoms with van der Waals surface area (Å²) in [6, 6.07) is 7.72. The van der Waals surface area contributed by atoms with Gasteiger partial charge in [0, 0.05) is 47.2 Å². The number of hydrogen-bond acceptors (Lipinski definition) is 3. The third kappa shape index (κ3) is 2.77. The third-order valence-electron chi connectivity index (χ3n) is 5.16. The highest BCUT2D eigenvalue weighted by atomic mass is 35.5. The lowest BCUT2D eigenvalue weighted by atomic mass is 10.0. The zero-order chi connectivity index (χ0) is 19.3. The summed E-state index contributed by atoms with van der Waals surface area (Å²) in [4.78, 5) is 0. The van der Waals surface area contributed by atoms with Gasteiger partial charge in [-0.3, -0.25) is 9.36 Å². The number of aromatic nitrogens is 6. The Morgan fingerprint density at radius 3 is 2.07 bits per heavy atom. The number of halogens is 1. The van der Waals surface area contributed by atoms with Crippen LogP contribution in [0.25, 0.3) is 28.2 Å². The van der Waals surface area contributed by atoms with Crippen LogP contribution in [0.15, 0.2) is 36.7 Å². The van der Waals surface area contributed by atoms with Crippen molar-refractivity contribution < 1.29 is 0 Å². The summed E-state index contributed by atoms with van der Waals surface area (Å²) in [5, 5.41) is 14.4. The lowest BCUT2D eigenvalue weighted by molar-refractivity contribution is 0.740. The topological polar surface area (TPSA) is 53.5 Å². The molecule has 0 saturated heterocycles. The van der Waals surface area contributed by atoms with Crippen LogP contribution in [0.1, 0.15) is 17.0 Å². The number of benzene rings is 1. The van der Waals surface area contributed by atoms with Crippen molar-refractivity contribution in [1.82, 2.24) is 29.3 Å². The first-order chi connectivity index (χ1) is 12.9. The minimum Gasteiger partial charge on any atom is -0.272 e. The Labute approximate surface area is 163 Å². The summed E-state index contributed by atoms with van der Waals surface area (Å²) in [7, 11) is 3.88. The molecule has 3 heterocycles. The Morgan fingerprint density at radius 1 is 0.889 bits per heavy atom. The van der Waals surface area contributed by atoms with Crippen molar-refractivity contribution in [3.63, 3.8) is 0 Å². The fourth-order valence-corrected chi connectivity index (χ4v) is 3.51. The van der Waals surface area contributed by atoms with Gasteiger partial charge in [-0.05, 0) is 39.0 Å². The average molecular weight is 381 g/mol. The molecule has 0 unspecified atom stereocenters. The third-order valence-corrected chi connectivity index (χ3v) is 5.39. The maximum atomic E-state index is 6.25. The van der Waals surface area contributed by atoms with Crippen LogP contribution in [0, 0.1) is 20.8 Å². The maximum Gasteiger partial charge on any atom is 0.0997 e. The van der Waals surface area contributed by atoms with E-state index in [0.717, 1.165) is 45.2 Å². The van der Waals surface area contributed by atoms with Gasteiger partial charge in [0.2, 0.25) is 0 Å². The lowest BCUT2D eigenvalue weighted by Gasteiger charge is -2.08. The summed E-state index contributed by atoms with van der Waals surface area (Å²) < 4.78 is 5.69. The van der Waals surface area contributed by atoms with E-state index in [4.69, 9.17) is 16.7 Å². The summed E-state index contributed by atoms with van der Waals surface area (Å²) >= 11 is 6.25. The van der Waals surface area contributed by atoms with E-state index in [0.29, 0.717) is 5.02 Å². The molecule has 27 heavy (non-hydrogen) atoms. The van der Waals surface area contributed by atoms with Crippen LogP contribution in [0.5, 0.6) is 0 Å². The van der Waals surface area contributed by atoms with Gasteiger partial charge >= 0.3 is 0 Å². The minimum atomic E-state index is 0.675. The number of rotatable bonds is 3. The van der Waals surface area contributed by atoms with Gasteiger partial charge in [0.05, 0.1) is 29.5 Å². The van der Waals surface area contributed by atoms with Crippen molar-refractivity contribution >= 4 is 11.6 Å². The maximum absolute atomic E-state index is 6.25. The molecule has 0 radical (unpaired) electrons. The molecular formula is C20H21ClN6. The molecule has 0 saturated carbocycles. The monoisotopic (exact) mass is 380 g/mol. The molecule has 1 aromatic carbocycles. The molecule has 0 N–H and O–H groups in total. The fourth-order valence-electron chi connectivity index (χ4n) is 3.33. The second-order valence-electron chi connectivity index (χ2n) is 6.75. The summed E-state index contributed by atoms with van der Waals surface area (Å²) in [5.41, 5.74) is 8.16. The SMILES string of the molecule is Cc1c(-c2cnn(C)c2C)nn(-c2cccc(Cl)c2)c1-c1cnn(C)c1C. The van der Waals surface area contributed by atoms with E-state index in [1.807, 2.05) is 64.8 Å². The molecule has 0 aliphatic rings. The molecule has 0 amide bonds. The van der Waals surface area contributed by atoms with Crippen LogP contribution >= 0.6 is 11.6 Å². The minimum absolute atomic E-state index is 0.675. The molecule has 138 valence electrons. The van der Waals surface area contributed by atoms with Crippen LogP contribution in [0.2, 0.25) is 5.02 Å². The first kappa shape index (κ1) is 17.5. The molecule has 4 rings (SSSR count). The van der Waals surface area contributed by atoms with E-state index in [2.05, 4.69) is 31.0 Å². The van der Waals surface area contributed by atoms with Gasteiger partial charge < -0.3 is 0 Å². The van der Waals surface area contributed by atoms with Crippen LogP contribution in [-0.4, -0.2) is 29.3 Å². The average Bonchev–Trinajstić information content (AvgIpc) is 3.26. The quantitative estimate of drug-likeness (QED) is 0.533. The molecule has 0 bridgehead atoms. The molecular weight excluding hydrogens is 360 g/mol.